The Balaban J connectivity index is 1.47. The van der Waals surface area contributed by atoms with Crippen LogP contribution in [0.1, 0.15) is 39.7 Å². The van der Waals surface area contributed by atoms with Crippen molar-refractivity contribution >= 4 is 34.8 Å². The van der Waals surface area contributed by atoms with E-state index in [-0.39, 0.29) is 24.6 Å². The van der Waals surface area contributed by atoms with Crippen molar-refractivity contribution in [3.8, 4) is 6.01 Å². The Hall–Kier alpha value is -3.70. The van der Waals surface area contributed by atoms with Crippen LogP contribution in [0.15, 0.2) is 48.0 Å². The van der Waals surface area contributed by atoms with E-state index in [1.165, 1.54) is 13.3 Å². The number of likely N-dealkylation sites (N-methyl/N-ethyl adjacent to an activating group) is 1. The van der Waals surface area contributed by atoms with Crippen LogP contribution < -0.4 is 20.3 Å². The number of nitrogens with two attached hydrogens (primary N) is 1. The predicted molar refractivity (Wildman–Crippen MR) is 137 cm³/mol. The lowest BCUT2D eigenvalue weighted by Crippen LogP contribution is -2.33. The lowest BCUT2D eigenvalue weighted by atomic mass is 10.1. The highest BCUT2D eigenvalue weighted by Gasteiger charge is 2.28. The molecular weight excluding hydrogens is 482 g/mol. The van der Waals surface area contributed by atoms with Crippen molar-refractivity contribution in [2.45, 2.75) is 25.6 Å². The third kappa shape index (κ3) is 6.10. The van der Waals surface area contributed by atoms with Crippen molar-refractivity contribution < 1.29 is 23.8 Å². The summed E-state index contributed by atoms with van der Waals surface area (Å²) in [6, 6.07) is 12.0. The number of carbonyl (C=O) groups excluding carboxylic acids is 2. The van der Waals surface area contributed by atoms with Gasteiger partial charge in [-0.3, -0.25) is 4.79 Å². The summed E-state index contributed by atoms with van der Waals surface area (Å²) in [5.41, 5.74) is 7.19. The third-order valence-corrected chi connectivity index (χ3v) is 6.78. The molecule has 0 saturated carbocycles. The molecule has 0 radical (unpaired) electrons. The van der Waals surface area contributed by atoms with Gasteiger partial charge in [-0.25, -0.2) is 9.78 Å². The molecular formula is C25H29N5O5S. The minimum absolute atomic E-state index is 0.141. The van der Waals surface area contributed by atoms with Gasteiger partial charge in [0.05, 0.1) is 26.4 Å². The van der Waals surface area contributed by atoms with Gasteiger partial charge in [0, 0.05) is 36.9 Å². The van der Waals surface area contributed by atoms with Gasteiger partial charge in [-0.15, -0.1) is 11.3 Å². The van der Waals surface area contributed by atoms with Gasteiger partial charge in [0.25, 0.3) is 5.91 Å². The molecule has 0 saturated heterocycles. The molecule has 1 atom stereocenters. The van der Waals surface area contributed by atoms with Crippen LogP contribution in [-0.2, 0) is 16.1 Å². The van der Waals surface area contributed by atoms with E-state index >= 15 is 0 Å². The average Bonchev–Trinajstić information content (AvgIpc) is 3.39. The molecule has 36 heavy (non-hydrogen) atoms. The molecule has 11 heteroatoms. The van der Waals surface area contributed by atoms with Crippen LogP contribution >= 0.6 is 11.3 Å². The maximum absolute atomic E-state index is 13.4. The van der Waals surface area contributed by atoms with E-state index in [1.54, 1.807) is 16.2 Å². The number of hydrogen-bond donors (Lipinski definition) is 1. The number of methoxy groups -OCH3 is 1. The molecule has 190 valence electrons. The van der Waals surface area contributed by atoms with Crippen LogP contribution in [0.5, 0.6) is 6.01 Å². The number of amides is 2. The first kappa shape index (κ1) is 25.4. The van der Waals surface area contributed by atoms with Crippen molar-refractivity contribution in [1.29, 1.82) is 0 Å². The van der Waals surface area contributed by atoms with E-state index in [2.05, 4.69) is 9.97 Å². The number of rotatable bonds is 10. The smallest absolute Gasteiger partial charge is 0.404 e. The Kier molecular flexibility index (Phi) is 8.34. The number of aromatic nitrogens is 2. The molecule has 2 aromatic heterocycles. The van der Waals surface area contributed by atoms with Crippen molar-refractivity contribution in [2.24, 2.45) is 5.73 Å². The molecule has 2 N–H and O–H groups in total. The van der Waals surface area contributed by atoms with Crippen molar-refractivity contribution in [3.63, 3.8) is 0 Å². The van der Waals surface area contributed by atoms with E-state index in [0.29, 0.717) is 43.9 Å². The normalized spacial score (nSPS) is 14.2. The molecule has 3 aromatic rings. The topological polar surface area (TPSA) is 120 Å². The van der Waals surface area contributed by atoms with Crippen LogP contribution in [-0.4, -0.2) is 55.8 Å². The summed E-state index contributed by atoms with van der Waals surface area (Å²) in [6.45, 7) is 1.72. The fraction of sp³-hybridized carbons (Fsp3) is 0.360. The zero-order chi connectivity index (χ0) is 25.5. The molecule has 1 aliphatic heterocycles. The van der Waals surface area contributed by atoms with Crippen LogP contribution in [0.4, 0.5) is 16.3 Å². The first-order chi connectivity index (χ1) is 17.5. The van der Waals surface area contributed by atoms with Gasteiger partial charge in [0.2, 0.25) is 0 Å². The van der Waals surface area contributed by atoms with E-state index < -0.39 is 6.09 Å². The van der Waals surface area contributed by atoms with Crippen LogP contribution in [0.25, 0.3) is 0 Å². The monoisotopic (exact) mass is 511 g/mol. The Labute approximate surface area is 213 Å². The summed E-state index contributed by atoms with van der Waals surface area (Å²) >= 11 is 1.62. The fourth-order valence-electron chi connectivity index (χ4n) is 3.98. The molecule has 2 amide bonds. The molecule has 1 aromatic carbocycles. The molecule has 10 nitrogen and oxygen atoms in total. The second-order valence-corrected chi connectivity index (χ2v) is 9.25. The lowest BCUT2D eigenvalue weighted by Gasteiger charge is -2.22. The van der Waals surface area contributed by atoms with Crippen molar-refractivity contribution in [3.05, 3.63) is 64.0 Å². The average molecular weight is 512 g/mol. The molecule has 0 bridgehead atoms. The Bertz CT molecular complexity index is 1190. The van der Waals surface area contributed by atoms with Crippen LogP contribution in [0.3, 0.4) is 0 Å². The first-order valence-corrected chi connectivity index (χ1v) is 12.4. The molecule has 1 unspecified atom stereocenters. The number of anilines is 2. The minimum atomic E-state index is -0.775. The summed E-state index contributed by atoms with van der Waals surface area (Å²) < 4.78 is 16.2. The van der Waals surface area contributed by atoms with Gasteiger partial charge in [0.15, 0.2) is 0 Å². The number of benzene rings is 1. The number of primary amides is 1. The first-order valence-electron chi connectivity index (χ1n) is 11.6. The third-order valence-electron chi connectivity index (χ3n) is 5.81. The highest BCUT2D eigenvalue weighted by atomic mass is 32.1. The molecule has 0 aliphatic carbocycles. The summed E-state index contributed by atoms with van der Waals surface area (Å²) in [6.07, 6.45) is 1.91. The molecule has 3 heterocycles. The van der Waals surface area contributed by atoms with Gasteiger partial charge in [-0.2, -0.15) is 4.98 Å². The summed E-state index contributed by atoms with van der Waals surface area (Å²) in [5.74, 6) is 0.383. The van der Waals surface area contributed by atoms with E-state index in [1.807, 2.05) is 53.7 Å². The zero-order valence-corrected chi connectivity index (χ0v) is 21.1. The molecule has 0 spiro atoms. The van der Waals surface area contributed by atoms with Crippen LogP contribution in [0, 0.1) is 0 Å². The van der Waals surface area contributed by atoms with Gasteiger partial charge >= 0.3 is 12.1 Å². The highest BCUT2D eigenvalue weighted by Crippen LogP contribution is 2.30. The van der Waals surface area contributed by atoms with E-state index in [4.69, 9.17) is 19.9 Å². The highest BCUT2D eigenvalue weighted by molar-refractivity contribution is 7.10. The number of hydrogen-bond acceptors (Lipinski definition) is 9. The minimum Gasteiger partial charge on any atom is -0.467 e. The van der Waals surface area contributed by atoms with E-state index in [0.717, 1.165) is 16.1 Å². The van der Waals surface area contributed by atoms with Crippen molar-refractivity contribution in [1.82, 2.24) is 9.97 Å². The maximum atomic E-state index is 13.4. The molecule has 4 rings (SSSR count). The number of carbonyl (C=O) groups is 2. The fourth-order valence-corrected chi connectivity index (χ4v) is 4.79. The standard InChI is InChI=1S/C25H29N5O5S/c1-29-10-11-30(23(31)19-15-27-25(33-2)28-22(19)29)18-7-3-6-17(14-18)16-35-20(21-9-5-13-36-21)8-4-12-34-24(26)32/h3,5-7,9,13-15,20H,4,8,10-12,16H2,1-2H3,(H2,26,32). The largest absolute Gasteiger partial charge is 0.467 e. The van der Waals surface area contributed by atoms with Gasteiger partial charge in [-0.05, 0) is 42.0 Å². The van der Waals surface area contributed by atoms with Gasteiger partial charge in [-0.1, -0.05) is 18.2 Å². The summed E-state index contributed by atoms with van der Waals surface area (Å²) in [7, 11) is 3.39. The van der Waals surface area contributed by atoms with Gasteiger partial charge < -0.3 is 29.7 Å². The SMILES string of the molecule is COc1ncc2c(n1)N(C)CCN(c1cccc(COC(CCCOC(N)=O)c3cccs3)c1)C2=O. The summed E-state index contributed by atoms with van der Waals surface area (Å²) in [5, 5.41) is 2.01. The Morgan fingerprint density at radius 1 is 1.25 bits per heavy atom. The molecule has 0 fully saturated rings. The number of fused-ring (bicyclic) bond motifs is 1. The second-order valence-electron chi connectivity index (χ2n) is 8.27. The summed E-state index contributed by atoms with van der Waals surface area (Å²) in [4.78, 5) is 37.5. The van der Waals surface area contributed by atoms with Crippen LogP contribution in [0.2, 0.25) is 0 Å². The number of nitrogens with zero attached hydrogens (tertiary/aromatic N) is 4. The Morgan fingerprint density at radius 2 is 2.11 bits per heavy atom. The number of ether oxygens (including phenoxy) is 3. The quantitative estimate of drug-likeness (QED) is 0.409. The molecule has 1 aliphatic rings. The number of thiophene rings is 1. The second kappa shape index (κ2) is 11.8. The maximum Gasteiger partial charge on any atom is 0.404 e. The zero-order valence-electron chi connectivity index (χ0n) is 20.3. The predicted octanol–water partition coefficient (Wildman–Crippen LogP) is 3.78. The lowest BCUT2D eigenvalue weighted by molar-refractivity contribution is 0.0310. The van der Waals surface area contributed by atoms with Crippen molar-refractivity contribution in [2.75, 3.05) is 43.7 Å². The Morgan fingerprint density at radius 3 is 2.86 bits per heavy atom. The van der Waals surface area contributed by atoms with E-state index in [9.17, 15) is 9.59 Å². The van der Waals surface area contributed by atoms with Gasteiger partial charge in [0.1, 0.15) is 11.4 Å².